The first kappa shape index (κ1) is 14.9. The van der Waals surface area contributed by atoms with Gasteiger partial charge in [-0.1, -0.05) is 17.7 Å². The van der Waals surface area contributed by atoms with Crippen molar-refractivity contribution in [3.05, 3.63) is 34.6 Å². The lowest BCUT2D eigenvalue weighted by atomic mass is 10.1. The molecule has 2 unspecified atom stereocenters. The highest BCUT2D eigenvalue weighted by Crippen LogP contribution is 2.21. The molecule has 1 aromatic carbocycles. The fraction of sp³-hybridized carbons (Fsp3) is 0.462. The molecule has 1 aromatic rings. The van der Waals surface area contributed by atoms with Crippen molar-refractivity contribution in [2.24, 2.45) is 0 Å². The van der Waals surface area contributed by atoms with E-state index >= 15 is 0 Å². The highest BCUT2D eigenvalue weighted by Gasteiger charge is 2.17. The Morgan fingerprint density at radius 3 is 2.72 bits per heavy atom. The summed E-state index contributed by atoms with van der Waals surface area (Å²) in [7, 11) is 0. The average molecular weight is 274 g/mol. The average Bonchev–Trinajstić information content (AvgIpc) is 2.32. The van der Waals surface area contributed by atoms with Crippen LogP contribution in [0.1, 0.15) is 32.4 Å². The predicted octanol–water partition coefficient (Wildman–Crippen LogP) is 3.08. The number of carbonyl (C=O) groups is 1. The molecule has 100 valence electrons. The Bertz CT molecular complexity index is 425. The maximum Gasteiger partial charge on any atom is 0.322 e. The number of ether oxygens (including phenoxy) is 1. The molecule has 2 atom stereocenters. The zero-order valence-electron chi connectivity index (χ0n) is 10.7. The van der Waals surface area contributed by atoms with Gasteiger partial charge in [-0.15, -0.1) is 0 Å². The molecule has 0 aliphatic heterocycles. The molecule has 3 nitrogen and oxygen atoms in total. The molecule has 0 bridgehead atoms. The summed E-state index contributed by atoms with van der Waals surface area (Å²) in [4.78, 5) is 11.5. The molecule has 0 heterocycles. The van der Waals surface area contributed by atoms with Gasteiger partial charge in [-0.3, -0.25) is 10.1 Å². The Balaban J connectivity index is 2.67. The number of nitrogens with one attached hydrogen (secondary N) is 1. The molecular weight excluding hydrogens is 257 g/mol. The van der Waals surface area contributed by atoms with Crippen LogP contribution in [0.2, 0.25) is 5.02 Å². The number of hydrogen-bond acceptors (Lipinski definition) is 3. The quantitative estimate of drug-likeness (QED) is 0.838. The van der Waals surface area contributed by atoms with E-state index in [0.29, 0.717) is 6.61 Å². The predicted molar refractivity (Wildman–Crippen MR) is 69.1 cm³/mol. The summed E-state index contributed by atoms with van der Waals surface area (Å²) in [5, 5.41) is 3.15. The van der Waals surface area contributed by atoms with Gasteiger partial charge in [0.05, 0.1) is 11.6 Å². The summed E-state index contributed by atoms with van der Waals surface area (Å²) in [5.74, 6) is -0.761. The Morgan fingerprint density at radius 1 is 1.50 bits per heavy atom. The van der Waals surface area contributed by atoms with Crippen LogP contribution in [0.4, 0.5) is 4.39 Å². The van der Waals surface area contributed by atoms with E-state index in [4.69, 9.17) is 16.3 Å². The van der Waals surface area contributed by atoms with E-state index < -0.39 is 11.9 Å². The van der Waals surface area contributed by atoms with Crippen molar-refractivity contribution in [1.29, 1.82) is 0 Å². The van der Waals surface area contributed by atoms with Crippen molar-refractivity contribution < 1.29 is 13.9 Å². The van der Waals surface area contributed by atoms with Crippen LogP contribution in [0, 0.1) is 5.82 Å². The van der Waals surface area contributed by atoms with Crippen molar-refractivity contribution in [1.82, 2.24) is 5.32 Å². The van der Waals surface area contributed by atoms with Crippen LogP contribution in [0.15, 0.2) is 18.2 Å². The molecule has 0 aromatic heterocycles. The first-order valence-electron chi connectivity index (χ1n) is 5.83. The highest BCUT2D eigenvalue weighted by molar-refractivity contribution is 6.30. The SMILES string of the molecule is CCOC(=O)C(C)NC(C)c1ccc(F)c(Cl)c1. The van der Waals surface area contributed by atoms with E-state index in [0.717, 1.165) is 5.56 Å². The highest BCUT2D eigenvalue weighted by atomic mass is 35.5. The molecule has 0 aliphatic carbocycles. The minimum absolute atomic E-state index is 0.0740. The maximum atomic E-state index is 13.0. The fourth-order valence-electron chi connectivity index (χ4n) is 1.59. The molecule has 0 saturated heterocycles. The topological polar surface area (TPSA) is 38.3 Å². The van der Waals surface area contributed by atoms with Crippen LogP contribution in [0.3, 0.4) is 0 Å². The van der Waals surface area contributed by atoms with Gasteiger partial charge in [-0.05, 0) is 38.5 Å². The van der Waals surface area contributed by atoms with Crippen LogP contribution in [0.25, 0.3) is 0 Å². The minimum Gasteiger partial charge on any atom is -0.465 e. The number of carbonyl (C=O) groups excluding carboxylic acids is 1. The molecule has 1 N–H and O–H groups in total. The van der Waals surface area contributed by atoms with Gasteiger partial charge in [0.1, 0.15) is 11.9 Å². The molecule has 0 amide bonds. The Kier molecular flexibility index (Phi) is 5.56. The Hall–Kier alpha value is -1.13. The second-order valence-corrected chi connectivity index (χ2v) is 4.44. The number of hydrogen-bond donors (Lipinski definition) is 1. The lowest BCUT2D eigenvalue weighted by Crippen LogP contribution is -2.37. The summed E-state index contributed by atoms with van der Waals surface area (Å²) >= 11 is 5.71. The summed E-state index contributed by atoms with van der Waals surface area (Å²) in [5.41, 5.74) is 0.817. The second kappa shape index (κ2) is 6.71. The van der Waals surface area contributed by atoms with Gasteiger partial charge in [-0.2, -0.15) is 0 Å². The lowest BCUT2D eigenvalue weighted by molar-refractivity contribution is -0.145. The van der Waals surface area contributed by atoms with Crippen LogP contribution in [0.5, 0.6) is 0 Å². The minimum atomic E-state index is -0.453. The lowest BCUT2D eigenvalue weighted by Gasteiger charge is -2.19. The van der Waals surface area contributed by atoms with Gasteiger partial charge >= 0.3 is 5.97 Å². The third kappa shape index (κ3) is 3.96. The summed E-state index contributed by atoms with van der Waals surface area (Å²) in [6.45, 7) is 5.70. The number of benzene rings is 1. The zero-order valence-corrected chi connectivity index (χ0v) is 11.4. The number of esters is 1. The van der Waals surface area contributed by atoms with Gasteiger partial charge in [0, 0.05) is 6.04 Å². The first-order valence-corrected chi connectivity index (χ1v) is 6.21. The molecule has 0 fully saturated rings. The van der Waals surface area contributed by atoms with Gasteiger partial charge in [0.15, 0.2) is 0 Å². The molecule has 0 radical (unpaired) electrons. The fourth-order valence-corrected chi connectivity index (χ4v) is 1.78. The molecule has 1 rings (SSSR count). The van der Waals surface area contributed by atoms with E-state index in [1.807, 2.05) is 6.92 Å². The van der Waals surface area contributed by atoms with Crippen LogP contribution in [-0.2, 0) is 9.53 Å². The van der Waals surface area contributed by atoms with Gasteiger partial charge < -0.3 is 4.74 Å². The van der Waals surface area contributed by atoms with Gasteiger partial charge in [0.25, 0.3) is 0 Å². The molecule has 0 spiro atoms. The molecule has 18 heavy (non-hydrogen) atoms. The number of halogens is 2. The van der Waals surface area contributed by atoms with E-state index in [-0.39, 0.29) is 17.0 Å². The summed E-state index contributed by atoms with van der Waals surface area (Å²) in [6.07, 6.45) is 0. The first-order chi connectivity index (χ1) is 8.45. The molecule has 5 heteroatoms. The summed E-state index contributed by atoms with van der Waals surface area (Å²) < 4.78 is 17.9. The van der Waals surface area contributed by atoms with Gasteiger partial charge in [0.2, 0.25) is 0 Å². The largest absolute Gasteiger partial charge is 0.465 e. The second-order valence-electron chi connectivity index (χ2n) is 4.04. The number of rotatable bonds is 5. The van der Waals surface area contributed by atoms with E-state index in [1.54, 1.807) is 26.0 Å². The zero-order chi connectivity index (χ0) is 13.7. The smallest absolute Gasteiger partial charge is 0.322 e. The van der Waals surface area contributed by atoms with Crippen LogP contribution < -0.4 is 5.32 Å². The van der Waals surface area contributed by atoms with Gasteiger partial charge in [-0.25, -0.2) is 4.39 Å². The molecular formula is C13H17ClFNO2. The third-order valence-electron chi connectivity index (χ3n) is 2.58. The molecule has 0 aliphatic rings. The standard InChI is InChI=1S/C13H17ClFNO2/c1-4-18-13(17)9(3)16-8(2)10-5-6-12(15)11(14)7-10/h5-9,16H,4H2,1-3H3. The van der Waals surface area contributed by atoms with Crippen molar-refractivity contribution in [2.75, 3.05) is 6.61 Å². The van der Waals surface area contributed by atoms with Crippen LogP contribution >= 0.6 is 11.6 Å². The van der Waals surface area contributed by atoms with E-state index in [2.05, 4.69) is 5.32 Å². The van der Waals surface area contributed by atoms with Crippen LogP contribution in [-0.4, -0.2) is 18.6 Å². The van der Waals surface area contributed by atoms with Crippen molar-refractivity contribution in [3.8, 4) is 0 Å². The monoisotopic (exact) mass is 273 g/mol. The van der Waals surface area contributed by atoms with E-state index in [9.17, 15) is 9.18 Å². The van der Waals surface area contributed by atoms with Crippen molar-refractivity contribution in [3.63, 3.8) is 0 Å². The normalized spacial score (nSPS) is 14.1. The Morgan fingerprint density at radius 2 is 2.17 bits per heavy atom. The maximum absolute atomic E-state index is 13.0. The van der Waals surface area contributed by atoms with Crippen molar-refractivity contribution >= 4 is 17.6 Å². The van der Waals surface area contributed by atoms with E-state index in [1.165, 1.54) is 6.07 Å². The third-order valence-corrected chi connectivity index (χ3v) is 2.87. The molecule has 0 saturated carbocycles. The Labute approximate surface area is 111 Å². The summed E-state index contributed by atoms with van der Waals surface area (Å²) in [6, 6.07) is 3.94. The van der Waals surface area contributed by atoms with Crippen molar-refractivity contribution in [2.45, 2.75) is 32.9 Å².